The first-order valence-electron chi connectivity index (χ1n) is 8.59. The Morgan fingerprint density at radius 3 is 2.52 bits per heavy atom. The van der Waals surface area contributed by atoms with Gasteiger partial charge in [0, 0.05) is 37.5 Å². The molecule has 0 atom stereocenters. The van der Waals surface area contributed by atoms with Crippen LogP contribution in [0.1, 0.15) is 33.6 Å². The van der Waals surface area contributed by atoms with Crippen molar-refractivity contribution in [2.24, 2.45) is 0 Å². The number of anilines is 1. The topological polar surface area (TPSA) is 58.6 Å². The lowest BCUT2D eigenvalue weighted by atomic mass is 9.82. The summed E-state index contributed by atoms with van der Waals surface area (Å²) in [5.41, 5.74) is -0.153. The largest absolute Gasteiger partial charge is 0.450 e. The van der Waals surface area contributed by atoms with Gasteiger partial charge in [0.05, 0.1) is 11.3 Å². The monoisotopic (exact) mass is 346 g/mol. The van der Waals surface area contributed by atoms with E-state index in [0.717, 1.165) is 13.1 Å². The molecule has 0 radical (unpaired) electrons. The molecule has 1 N–H and O–H groups in total. The molecule has 1 aromatic carbocycles. The summed E-state index contributed by atoms with van der Waals surface area (Å²) in [5, 5.41) is 2.59. The van der Waals surface area contributed by atoms with Gasteiger partial charge in [0.25, 0.3) is 5.91 Å². The first-order valence-corrected chi connectivity index (χ1v) is 8.59. The lowest BCUT2D eigenvalue weighted by Gasteiger charge is -2.40. The molecule has 25 heavy (non-hydrogen) atoms. The highest BCUT2D eigenvalue weighted by atomic mass is 19.1. The molecule has 1 saturated heterocycles. The quantitative estimate of drug-likeness (QED) is 0.855. The number of carbonyl (C=O) groups is 2. The number of amides is 1. The highest BCUT2D eigenvalue weighted by Gasteiger charge is 2.51. The maximum Gasteiger partial charge on any atom is 0.335 e. The van der Waals surface area contributed by atoms with Gasteiger partial charge >= 0.3 is 5.97 Å². The summed E-state index contributed by atoms with van der Waals surface area (Å²) >= 11 is 0. The Morgan fingerprint density at radius 1 is 1.28 bits per heavy atom. The van der Waals surface area contributed by atoms with Gasteiger partial charge in [-0.2, -0.15) is 0 Å². The van der Waals surface area contributed by atoms with Gasteiger partial charge in [-0.15, -0.1) is 0 Å². The number of carbonyl (C=O) groups excluding carboxylic acids is 2. The van der Waals surface area contributed by atoms with Crippen LogP contribution in [0, 0.1) is 5.82 Å². The van der Waals surface area contributed by atoms with Crippen LogP contribution < -0.4 is 5.32 Å². The molecule has 134 valence electrons. The highest BCUT2D eigenvalue weighted by molar-refractivity contribution is 6.12. The van der Waals surface area contributed by atoms with Crippen LogP contribution in [0.3, 0.4) is 0 Å². The third kappa shape index (κ3) is 3.18. The van der Waals surface area contributed by atoms with E-state index >= 15 is 0 Å². The average Bonchev–Trinajstić information content (AvgIpc) is 2.80. The maximum absolute atomic E-state index is 13.8. The number of nitrogens with zero attached hydrogens (tertiary/aromatic N) is 1. The van der Waals surface area contributed by atoms with Crippen molar-refractivity contribution in [2.75, 3.05) is 18.4 Å². The Hall–Kier alpha value is -2.21. The molecular formula is C19H23FN2O3. The second kappa shape index (κ2) is 6.59. The normalized spacial score (nSPS) is 20.3. The molecule has 0 bridgehead atoms. The van der Waals surface area contributed by atoms with Gasteiger partial charge in [-0.1, -0.05) is 12.1 Å². The summed E-state index contributed by atoms with van der Waals surface area (Å²) in [6.07, 6.45) is 1.13. The molecule has 0 unspecified atom stereocenters. The summed E-state index contributed by atoms with van der Waals surface area (Å²) in [5.74, 6) is -1.44. The summed E-state index contributed by atoms with van der Waals surface area (Å²) in [6.45, 7) is 7.32. The van der Waals surface area contributed by atoms with E-state index in [1.807, 2.05) is 0 Å². The minimum atomic E-state index is -0.901. The zero-order valence-electron chi connectivity index (χ0n) is 14.8. The summed E-state index contributed by atoms with van der Waals surface area (Å²) in [4.78, 5) is 27.3. The Labute approximate surface area is 146 Å². The summed E-state index contributed by atoms with van der Waals surface area (Å²) < 4.78 is 19.5. The van der Waals surface area contributed by atoms with Crippen LogP contribution in [-0.2, 0) is 14.3 Å². The number of para-hydroxylation sites is 1. The Bertz CT molecular complexity index is 734. The number of benzene rings is 1. The third-order valence-electron chi connectivity index (χ3n) is 5.11. The number of piperidine rings is 1. The van der Waals surface area contributed by atoms with Crippen molar-refractivity contribution in [1.82, 2.24) is 4.90 Å². The lowest BCUT2D eigenvalue weighted by Crippen LogP contribution is -2.49. The van der Waals surface area contributed by atoms with Gasteiger partial charge in [0.1, 0.15) is 11.4 Å². The molecular weight excluding hydrogens is 323 g/mol. The molecule has 0 saturated carbocycles. The number of hydrogen-bond acceptors (Lipinski definition) is 4. The standard InChI is InChI=1S/C19H23FN2O3/c1-12(2)22-10-8-19(9-11-22)16(13(3)18(24)25-19)17(23)21-15-7-5-4-6-14(15)20/h4-7,12H,8-11H2,1-3H3,(H,21,23). The van der Waals surface area contributed by atoms with Crippen molar-refractivity contribution >= 4 is 17.6 Å². The van der Waals surface area contributed by atoms with Crippen molar-refractivity contribution < 1.29 is 18.7 Å². The van der Waals surface area contributed by atoms with E-state index in [0.29, 0.717) is 30.0 Å². The fraction of sp³-hybridized carbons (Fsp3) is 0.474. The van der Waals surface area contributed by atoms with Crippen LogP contribution in [0.15, 0.2) is 35.4 Å². The van der Waals surface area contributed by atoms with Gasteiger partial charge in [-0.3, -0.25) is 4.79 Å². The molecule has 1 aromatic rings. The van der Waals surface area contributed by atoms with E-state index < -0.39 is 23.3 Å². The van der Waals surface area contributed by atoms with Gasteiger partial charge in [-0.25, -0.2) is 9.18 Å². The van der Waals surface area contributed by atoms with Crippen LogP contribution in [0.25, 0.3) is 0 Å². The first kappa shape index (κ1) is 17.6. The third-order valence-corrected chi connectivity index (χ3v) is 5.11. The lowest BCUT2D eigenvalue weighted by molar-refractivity contribution is -0.151. The van der Waals surface area contributed by atoms with Gasteiger partial charge < -0.3 is 15.0 Å². The number of halogens is 1. The predicted molar refractivity (Wildman–Crippen MR) is 92.5 cm³/mol. The number of esters is 1. The molecule has 1 spiro atoms. The molecule has 0 aliphatic carbocycles. The minimum Gasteiger partial charge on any atom is -0.450 e. The number of nitrogens with one attached hydrogen (secondary N) is 1. The SMILES string of the molecule is CC1=C(C(=O)Nc2ccccc2F)C2(CCN(C(C)C)CC2)OC1=O. The van der Waals surface area contributed by atoms with Gasteiger partial charge in [0.15, 0.2) is 0 Å². The Balaban J connectivity index is 1.86. The number of ether oxygens (including phenoxy) is 1. The smallest absolute Gasteiger partial charge is 0.335 e. The minimum absolute atomic E-state index is 0.0990. The van der Waals surface area contributed by atoms with Crippen LogP contribution >= 0.6 is 0 Å². The second-order valence-corrected chi connectivity index (χ2v) is 6.95. The Morgan fingerprint density at radius 2 is 1.92 bits per heavy atom. The zero-order valence-corrected chi connectivity index (χ0v) is 14.8. The summed E-state index contributed by atoms with van der Waals surface area (Å²) in [6, 6.07) is 6.38. The first-order chi connectivity index (χ1) is 11.8. The van der Waals surface area contributed by atoms with Crippen LogP contribution in [0.5, 0.6) is 0 Å². The van der Waals surface area contributed by atoms with Gasteiger partial charge in [-0.05, 0) is 32.9 Å². The molecule has 5 nitrogen and oxygen atoms in total. The molecule has 0 aromatic heterocycles. The Kier molecular flexibility index (Phi) is 4.64. The molecule has 6 heteroatoms. The molecule has 2 aliphatic heterocycles. The molecule has 2 heterocycles. The van der Waals surface area contributed by atoms with Crippen molar-refractivity contribution in [2.45, 2.75) is 45.3 Å². The fourth-order valence-corrected chi connectivity index (χ4v) is 3.63. The molecule has 1 fully saturated rings. The fourth-order valence-electron chi connectivity index (χ4n) is 3.63. The van der Waals surface area contributed by atoms with Crippen molar-refractivity contribution in [1.29, 1.82) is 0 Å². The van der Waals surface area contributed by atoms with Crippen LogP contribution in [0.2, 0.25) is 0 Å². The second-order valence-electron chi connectivity index (χ2n) is 6.95. The van der Waals surface area contributed by atoms with Crippen LogP contribution in [0.4, 0.5) is 10.1 Å². The van der Waals surface area contributed by atoms with Gasteiger partial charge in [0.2, 0.25) is 0 Å². The molecule has 1 amide bonds. The van der Waals surface area contributed by atoms with E-state index in [1.54, 1.807) is 19.1 Å². The predicted octanol–water partition coefficient (Wildman–Crippen LogP) is 2.88. The zero-order chi connectivity index (χ0) is 18.2. The highest BCUT2D eigenvalue weighted by Crippen LogP contribution is 2.41. The number of likely N-dealkylation sites (tertiary alicyclic amines) is 1. The number of rotatable bonds is 3. The van der Waals surface area contributed by atoms with E-state index in [4.69, 9.17) is 4.74 Å². The molecule has 2 aliphatic rings. The van der Waals surface area contributed by atoms with E-state index in [-0.39, 0.29) is 5.69 Å². The van der Waals surface area contributed by atoms with Crippen molar-refractivity contribution in [3.05, 3.63) is 41.2 Å². The maximum atomic E-state index is 13.8. The average molecular weight is 346 g/mol. The summed E-state index contributed by atoms with van der Waals surface area (Å²) in [7, 11) is 0. The van der Waals surface area contributed by atoms with Crippen molar-refractivity contribution in [3.8, 4) is 0 Å². The van der Waals surface area contributed by atoms with E-state index in [9.17, 15) is 14.0 Å². The van der Waals surface area contributed by atoms with E-state index in [2.05, 4.69) is 24.1 Å². The number of hydrogen-bond donors (Lipinski definition) is 1. The van der Waals surface area contributed by atoms with Crippen molar-refractivity contribution in [3.63, 3.8) is 0 Å². The van der Waals surface area contributed by atoms with Crippen LogP contribution in [-0.4, -0.2) is 41.5 Å². The molecule has 3 rings (SSSR count). The van der Waals surface area contributed by atoms with E-state index in [1.165, 1.54) is 12.1 Å².